The highest BCUT2D eigenvalue weighted by molar-refractivity contribution is 6.07. The number of nitrogens with zero attached hydrogens (tertiary/aromatic N) is 1. The summed E-state index contributed by atoms with van der Waals surface area (Å²) in [5, 5.41) is 10.1. The number of likely N-dealkylation sites (tertiary alicyclic amines) is 1. The number of aliphatic hydroxyl groups is 1. The Morgan fingerprint density at radius 2 is 1.95 bits per heavy atom. The number of piperidine rings is 1. The lowest BCUT2D eigenvalue weighted by atomic mass is 9.76. The molecule has 1 saturated carbocycles. The molecule has 1 N–H and O–H groups in total. The Bertz CT molecular complexity index is 528. The van der Waals surface area contributed by atoms with Crippen LogP contribution in [0.2, 0.25) is 0 Å². The molecule has 1 aromatic carbocycles. The van der Waals surface area contributed by atoms with E-state index in [4.69, 9.17) is 0 Å². The van der Waals surface area contributed by atoms with Gasteiger partial charge in [-0.1, -0.05) is 30.3 Å². The van der Waals surface area contributed by atoms with Crippen molar-refractivity contribution in [1.29, 1.82) is 0 Å². The Hall–Kier alpha value is -1.68. The zero-order chi connectivity index (χ0) is 14.2. The van der Waals surface area contributed by atoms with Crippen molar-refractivity contribution in [3.63, 3.8) is 0 Å². The van der Waals surface area contributed by atoms with Crippen LogP contribution in [0.3, 0.4) is 0 Å². The minimum absolute atomic E-state index is 0.0625. The molecule has 1 aromatic rings. The Morgan fingerprint density at radius 3 is 2.60 bits per heavy atom. The summed E-state index contributed by atoms with van der Waals surface area (Å²) in [6.07, 6.45) is 2.15. The topological polar surface area (TPSA) is 57.6 Å². The Labute approximate surface area is 118 Å². The second kappa shape index (κ2) is 5.02. The molecule has 1 aliphatic heterocycles. The van der Waals surface area contributed by atoms with Crippen molar-refractivity contribution < 1.29 is 14.7 Å². The summed E-state index contributed by atoms with van der Waals surface area (Å²) in [4.78, 5) is 26.3. The van der Waals surface area contributed by atoms with E-state index in [0.717, 1.165) is 12.0 Å². The first-order chi connectivity index (χ1) is 9.63. The second-order valence-electron chi connectivity index (χ2n) is 5.80. The molecule has 106 valence electrons. The lowest BCUT2D eigenvalue weighted by Gasteiger charge is -2.41. The van der Waals surface area contributed by atoms with Crippen LogP contribution in [0.1, 0.15) is 37.7 Å². The maximum Gasteiger partial charge on any atom is 0.238 e. The molecule has 3 rings (SSSR count). The molecule has 2 aliphatic rings. The van der Waals surface area contributed by atoms with E-state index >= 15 is 0 Å². The number of carbonyl (C=O) groups is 2. The molecule has 2 fully saturated rings. The van der Waals surface area contributed by atoms with E-state index in [9.17, 15) is 14.7 Å². The van der Waals surface area contributed by atoms with Crippen LogP contribution in [0.15, 0.2) is 30.3 Å². The number of Topliss-reactive ketones (excluding diaryl/α,β-unsaturated/α-hetero) is 1. The molecule has 2 atom stereocenters. The van der Waals surface area contributed by atoms with Gasteiger partial charge in [0, 0.05) is 13.0 Å². The third-order valence-corrected chi connectivity index (χ3v) is 4.60. The summed E-state index contributed by atoms with van der Waals surface area (Å²) in [5.74, 6) is -0.116. The maximum absolute atomic E-state index is 12.7. The third kappa shape index (κ3) is 2.04. The van der Waals surface area contributed by atoms with Gasteiger partial charge in [0.05, 0.1) is 0 Å². The minimum atomic E-state index is -0.839. The molecular weight excluding hydrogens is 254 g/mol. The summed E-state index contributed by atoms with van der Waals surface area (Å²) < 4.78 is 0. The molecule has 1 aliphatic carbocycles. The van der Waals surface area contributed by atoms with Crippen LogP contribution in [0.25, 0.3) is 0 Å². The van der Waals surface area contributed by atoms with Gasteiger partial charge in [-0.05, 0) is 31.2 Å². The number of amides is 1. The van der Waals surface area contributed by atoms with Gasteiger partial charge in [0.1, 0.15) is 17.4 Å². The molecule has 4 nitrogen and oxygen atoms in total. The molecule has 4 heteroatoms. The molecule has 1 spiro atoms. The van der Waals surface area contributed by atoms with E-state index in [2.05, 4.69) is 0 Å². The predicted molar refractivity (Wildman–Crippen MR) is 73.5 cm³/mol. The van der Waals surface area contributed by atoms with Crippen molar-refractivity contribution in [3.05, 3.63) is 35.9 Å². The van der Waals surface area contributed by atoms with Crippen LogP contribution in [-0.4, -0.2) is 27.9 Å². The fourth-order valence-corrected chi connectivity index (χ4v) is 3.43. The average molecular weight is 273 g/mol. The summed E-state index contributed by atoms with van der Waals surface area (Å²) in [5.41, 5.74) is 0.135. The number of aliphatic hydroxyl groups excluding tert-OH is 1. The lowest BCUT2D eigenvalue weighted by Crippen LogP contribution is -2.54. The van der Waals surface area contributed by atoms with Gasteiger partial charge in [-0.3, -0.25) is 9.59 Å². The average Bonchev–Trinajstić information content (AvgIpc) is 2.83. The van der Waals surface area contributed by atoms with Crippen LogP contribution in [0, 0.1) is 5.41 Å². The lowest BCUT2D eigenvalue weighted by molar-refractivity contribution is -0.166. The van der Waals surface area contributed by atoms with E-state index < -0.39 is 11.6 Å². The van der Waals surface area contributed by atoms with Gasteiger partial charge in [0.15, 0.2) is 0 Å². The van der Waals surface area contributed by atoms with Crippen LogP contribution in [-0.2, 0) is 16.1 Å². The summed E-state index contributed by atoms with van der Waals surface area (Å²) >= 11 is 0. The normalized spacial score (nSPS) is 30.2. The highest BCUT2D eigenvalue weighted by Gasteiger charge is 2.53. The molecule has 1 heterocycles. The SMILES string of the molecule is O=C1CCC[C@@]12CC[C@@H](O)N(Cc1ccccc1)C2=O. The van der Waals surface area contributed by atoms with Gasteiger partial charge >= 0.3 is 0 Å². The summed E-state index contributed by atoms with van der Waals surface area (Å²) in [6.45, 7) is 0.371. The molecule has 0 radical (unpaired) electrons. The standard InChI is InChI=1S/C16H19NO3/c18-13-7-4-9-16(13)10-8-14(19)17(15(16)20)11-12-5-2-1-3-6-12/h1-3,5-6,14,19H,4,7-11H2/t14-,16-/m1/s1. The van der Waals surface area contributed by atoms with Gasteiger partial charge < -0.3 is 10.0 Å². The van der Waals surface area contributed by atoms with Crippen LogP contribution in [0.5, 0.6) is 0 Å². The van der Waals surface area contributed by atoms with E-state index in [-0.39, 0.29) is 11.7 Å². The number of hydrogen-bond acceptors (Lipinski definition) is 3. The second-order valence-corrected chi connectivity index (χ2v) is 5.80. The van der Waals surface area contributed by atoms with Gasteiger partial charge in [0.2, 0.25) is 5.91 Å². The van der Waals surface area contributed by atoms with Gasteiger partial charge in [-0.25, -0.2) is 0 Å². The van der Waals surface area contributed by atoms with Crippen molar-refractivity contribution in [1.82, 2.24) is 4.90 Å². The molecule has 0 bridgehead atoms. The first-order valence-electron chi connectivity index (χ1n) is 7.20. The highest BCUT2D eigenvalue weighted by atomic mass is 16.3. The van der Waals surface area contributed by atoms with E-state index in [1.807, 2.05) is 30.3 Å². The number of ketones is 1. The minimum Gasteiger partial charge on any atom is -0.374 e. The summed E-state index contributed by atoms with van der Waals surface area (Å²) in [6, 6.07) is 9.59. The number of benzene rings is 1. The summed E-state index contributed by atoms with van der Waals surface area (Å²) in [7, 11) is 0. The third-order valence-electron chi connectivity index (χ3n) is 4.60. The van der Waals surface area contributed by atoms with Crippen molar-refractivity contribution in [2.24, 2.45) is 5.41 Å². The molecule has 0 unspecified atom stereocenters. The quantitative estimate of drug-likeness (QED) is 0.837. The van der Waals surface area contributed by atoms with Gasteiger partial charge in [-0.2, -0.15) is 0 Å². The highest BCUT2D eigenvalue weighted by Crippen LogP contribution is 2.44. The fraction of sp³-hybridized carbons (Fsp3) is 0.500. The first kappa shape index (κ1) is 13.3. The van der Waals surface area contributed by atoms with Crippen molar-refractivity contribution in [2.45, 2.75) is 44.9 Å². The van der Waals surface area contributed by atoms with E-state index in [0.29, 0.717) is 32.2 Å². The monoisotopic (exact) mass is 273 g/mol. The Balaban J connectivity index is 1.85. The van der Waals surface area contributed by atoms with E-state index in [1.165, 1.54) is 4.90 Å². The Morgan fingerprint density at radius 1 is 1.20 bits per heavy atom. The predicted octanol–water partition coefficient (Wildman–Crippen LogP) is 1.87. The largest absolute Gasteiger partial charge is 0.374 e. The molecule has 1 saturated heterocycles. The van der Waals surface area contributed by atoms with Crippen LogP contribution >= 0.6 is 0 Å². The number of rotatable bonds is 2. The smallest absolute Gasteiger partial charge is 0.238 e. The molecule has 1 amide bonds. The van der Waals surface area contributed by atoms with Crippen molar-refractivity contribution in [3.8, 4) is 0 Å². The van der Waals surface area contributed by atoms with Crippen molar-refractivity contribution >= 4 is 11.7 Å². The van der Waals surface area contributed by atoms with Crippen molar-refractivity contribution in [2.75, 3.05) is 0 Å². The molecular formula is C16H19NO3. The van der Waals surface area contributed by atoms with Crippen LogP contribution in [0.4, 0.5) is 0 Å². The zero-order valence-electron chi connectivity index (χ0n) is 11.4. The van der Waals surface area contributed by atoms with Gasteiger partial charge in [0.25, 0.3) is 0 Å². The Kier molecular flexibility index (Phi) is 3.34. The molecule has 20 heavy (non-hydrogen) atoms. The zero-order valence-corrected chi connectivity index (χ0v) is 11.4. The number of hydrogen-bond donors (Lipinski definition) is 1. The maximum atomic E-state index is 12.7. The number of carbonyl (C=O) groups excluding carboxylic acids is 2. The van der Waals surface area contributed by atoms with E-state index in [1.54, 1.807) is 0 Å². The first-order valence-corrected chi connectivity index (χ1v) is 7.20. The fourth-order valence-electron chi connectivity index (χ4n) is 3.43. The van der Waals surface area contributed by atoms with Crippen LogP contribution < -0.4 is 0 Å². The van der Waals surface area contributed by atoms with Gasteiger partial charge in [-0.15, -0.1) is 0 Å². The molecule has 0 aromatic heterocycles.